The Bertz CT molecular complexity index is 706. The highest BCUT2D eigenvalue weighted by Crippen LogP contribution is 2.30. The van der Waals surface area contributed by atoms with Crippen molar-refractivity contribution in [3.63, 3.8) is 0 Å². The molecule has 8 nitrogen and oxygen atoms in total. The Hall–Kier alpha value is -1.39. The molecule has 2 aliphatic rings. The maximum Gasteiger partial charge on any atom is 0.289 e. The summed E-state index contributed by atoms with van der Waals surface area (Å²) < 4.78 is 31.6. The topological polar surface area (TPSA) is 101 Å². The Kier molecular flexibility index (Phi) is 3.77. The number of amides is 2. The highest BCUT2D eigenvalue weighted by Gasteiger charge is 2.43. The van der Waals surface area contributed by atoms with Crippen LogP contribution in [0.1, 0.15) is 17.9 Å². The highest BCUT2D eigenvalue weighted by atomic mass is 32.2. The Morgan fingerprint density at radius 2 is 2.05 bits per heavy atom. The summed E-state index contributed by atoms with van der Waals surface area (Å²) in [5.41, 5.74) is 0.310. The molecule has 0 spiro atoms. The van der Waals surface area contributed by atoms with Gasteiger partial charge in [0, 0.05) is 13.1 Å². The van der Waals surface area contributed by atoms with E-state index >= 15 is 0 Å². The van der Waals surface area contributed by atoms with Gasteiger partial charge in [0.2, 0.25) is 15.9 Å². The van der Waals surface area contributed by atoms with Gasteiger partial charge in [-0.25, -0.2) is 8.42 Å². The Labute approximate surface area is 131 Å². The van der Waals surface area contributed by atoms with Gasteiger partial charge in [-0.05, 0) is 20.3 Å². The smallest absolute Gasteiger partial charge is 0.289 e. The summed E-state index contributed by atoms with van der Waals surface area (Å²) in [5, 5.41) is 3.37. The van der Waals surface area contributed by atoms with E-state index in [0.717, 1.165) is 11.8 Å². The summed E-state index contributed by atoms with van der Waals surface area (Å²) in [6, 6.07) is -0.398. The van der Waals surface area contributed by atoms with E-state index in [1.807, 2.05) is 0 Å². The largest absolute Gasteiger partial charge is 0.360 e. The quantitative estimate of drug-likeness (QED) is 0.796. The van der Waals surface area contributed by atoms with Gasteiger partial charge in [-0.2, -0.15) is 4.31 Å². The van der Waals surface area contributed by atoms with Crippen molar-refractivity contribution in [1.82, 2.24) is 14.4 Å². The second-order valence-corrected chi connectivity index (χ2v) is 8.08. The molecule has 3 heterocycles. The van der Waals surface area contributed by atoms with Gasteiger partial charge >= 0.3 is 0 Å². The van der Waals surface area contributed by atoms with Crippen molar-refractivity contribution in [1.29, 1.82) is 0 Å². The molecule has 3 rings (SSSR count). The van der Waals surface area contributed by atoms with Crippen LogP contribution in [0.4, 0.5) is 4.79 Å². The van der Waals surface area contributed by atoms with E-state index < -0.39 is 16.1 Å². The van der Waals surface area contributed by atoms with Crippen molar-refractivity contribution in [3.8, 4) is 0 Å². The number of sulfonamides is 1. The third-order valence-corrected chi connectivity index (χ3v) is 6.79. The fourth-order valence-corrected chi connectivity index (χ4v) is 5.39. The number of carbonyl (C=O) groups is 2. The molecular weight excluding hydrogens is 330 g/mol. The number of imide groups is 1. The van der Waals surface area contributed by atoms with Crippen molar-refractivity contribution in [2.45, 2.75) is 31.2 Å². The van der Waals surface area contributed by atoms with Gasteiger partial charge < -0.3 is 4.52 Å². The van der Waals surface area contributed by atoms with Crippen molar-refractivity contribution in [3.05, 3.63) is 11.5 Å². The van der Waals surface area contributed by atoms with Crippen LogP contribution in [0.5, 0.6) is 0 Å². The first kappa shape index (κ1) is 15.5. The molecule has 1 aromatic heterocycles. The van der Waals surface area contributed by atoms with Gasteiger partial charge in [0.1, 0.15) is 10.6 Å². The lowest BCUT2D eigenvalue weighted by Crippen LogP contribution is -2.41. The van der Waals surface area contributed by atoms with E-state index in [2.05, 4.69) is 5.16 Å². The average Bonchev–Trinajstić information content (AvgIpc) is 3.11. The van der Waals surface area contributed by atoms with Crippen LogP contribution in [-0.4, -0.2) is 58.8 Å². The number of carbonyl (C=O) groups excluding carboxylic acids is 2. The van der Waals surface area contributed by atoms with E-state index in [0.29, 0.717) is 12.1 Å². The maximum atomic E-state index is 12.7. The summed E-state index contributed by atoms with van der Waals surface area (Å²) in [6.07, 6.45) is 0.445. The van der Waals surface area contributed by atoms with E-state index in [1.165, 1.54) is 9.21 Å². The zero-order valence-electron chi connectivity index (χ0n) is 12.1. The molecule has 0 aliphatic carbocycles. The lowest BCUT2D eigenvalue weighted by molar-refractivity contribution is -0.126. The van der Waals surface area contributed by atoms with E-state index in [1.54, 1.807) is 13.8 Å². The third-order valence-electron chi connectivity index (χ3n) is 3.84. The fraction of sp³-hybridized carbons (Fsp3) is 0.583. The summed E-state index contributed by atoms with van der Waals surface area (Å²) in [5.74, 6) is 0.118. The Morgan fingerprint density at radius 1 is 1.32 bits per heavy atom. The van der Waals surface area contributed by atoms with Crippen LogP contribution in [0, 0.1) is 13.8 Å². The minimum absolute atomic E-state index is 0.0709. The predicted octanol–water partition coefficient (Wildman–Crippen LogP) is 0.750. The maximum absolute atomic E-state index is 12.7. The molecule has 0 saturated carbocycles. The molecule has 1 atom stereocenters. The Morgan fingerprint density at radius 3 is 2.59 bits per heavy atom. The molecule has 120 valence electrons. The lowest BCUT2D eigenvalue weighted by Gasteiger charge is -2.21. The summed E-state index contributed by atoms with van der Waals surface area (Å²) in [4.78, 5) is 24.8. The van der Waals surface area contributed by atoms with Crippen LogP contribution in [0.2, 0.25) is 0 Å². The zero-order valence-corrected chi connectivity index (χ0v) is 13.7. The first-order valence-corrected chi connectivity index (χ1v) is 9.16. The molecule has 0 bridgehead atoms. The number of aromatic nitrogens is 1. The second-order valence-electron chi connectivity index (χ2n) is 5.28. The van der Waals surface area contributed by atoms with Crippen LogP contribution in [0.15, 0.2) is 9.42 Å². The molecular formula is C12H15N3O5S2. The number of rotatable bonds is 3. The van der Waals surface area contributed by atoms with Crippen molar-refractivity contribution < 1.29 is 22.5 Å². The normalized spacial score (nSPS) is 23.7. The summed E-state index contributed by atoms with van der Waals surface area (Å²) in [7, 11) is -3.73. The van der Waals surface area contributed by atoms with Crippen molar-refractivity contribution in [2.75, 3.05) is 18.8 Å². The first-order chi connectivity index (χ1) is 10.3. The number of nitrogens with zero attached hydrogens (tertiary/aromatic N) is 3. The number of hydrogen-bond acceptors (Lipinski definition) is 7. The van der Waals surface area contributed by atoms with Gasteiger partial charge in [0.25, 0.3) is 5.24 Å². The minimum atomic E-state index is -3.73. The number of aryl methyl sites for hydroxylation is 2. The molecule has 22 heavy (non-hydrogen) atoms. The van der Waals surface area contributed by atoms with Crippen molar-refractivity contribution in [2.24, 2.45) is 0 Å². The molecule has 2 aliphatic heterocycles. The fourth-order valence-electron chi connectivity index (χ4n) is 2.83. The lowest BCUT2D eigenvalue weighted by atomic mass is 10.2. The van der Waals surface area contributed by atoms with Crippen LogP contribution >= 0.6 is 11.8 Å². The number of hydrogen-bond donors (Lipinski definition) is 0. The van der Waals surface area contributed by atoms with E-state index in [4.69, 9.17) is 4.52 Å². The third kappa shape index (κ3) is 2.34. The molecule has 10 heteroatoms. The monoisotopic (exact) mass is 345 g/mol. The van der Waals surface area contributed by atoms with E-state index in [-0.39, 0.29) is 40.6 Å². The molecule has 1 unspecified atom stereocenters. The molecule has 2 saturated heterocycles. The van der Waals surface area contributed by atoms with Gasteiger partial charge in [0.05, 0.1) is 11.8 Å². The SMILES string of the molecule is Cc1noc(C)c1S(=O)(=O)N1CCC(N2C(=O)CSC2=O)C1. The van der Waals surface area contributed by atoms with Crippen LogP contribution in [0.3, 0.4) is 0 Å². The van der Waals surface area contributed by atoms with Crippen LogP contribution in [0.25, 0.3) is 0 Å². The molecule has 2 fully saturated rings. The molecule has 1 aromatic rings. The van der Waals surface area contributed by atoms with Gasteiger partial charge in [-0.1, -0.05) is 16.9 Å². The predicted molar refractivity (Wildman–Crippen MR) is 77.8 cm³/mol. The minimum Gasteiger partial charge on any atom is -0.360 e. The standard InChI is InChI=1S/C12H15N3O5S2/c1-7-11(8(2)20-13-7)22(18,19)14-4-3-9(5-14)15-10(16)6-21-12(15)17/h9H,3-6H2,1-2H3. The number of thioether (sulfide) groups is 1. The van der Waals surface area contributed by atoms with Crippen LogP contribution in [-0.2, 0) is 14.8 Å². The van der Waals surface area contributed by atoms with Gasteiger partial charge in [-0.15, -0.1) is 0 Å². The van der Waals surface area contributed by atoms with E-state index in [9.17, 15) is 18.0 Å². The highest BCUT2D eigenvalue weighted by molar-refractivity contribution is 8.14. The molecule has 0 radical (unpaired) electrons. The van der Waals surface area contributed by atoms with Gasteiger partial charge in [-0.3, -0.25) is 14.5 Å². The second kappa shape index (κ2) is 5.36. The molecule has 2 amide bonds. The summed E-state index contributed by atoms with van der Waals surface area (Å²) >= 11 is 0.956. The molecule has 0 aromatic carbocycles. The van der Waals surface area contributed by atoms with Gasteiger partial charge in [0.15, 0.2) is 5.76 Å². The zero-order chi connectivity index (χ0) is 16.1. The first-order valence-electron chi connectivity index (χ1n) is 6.74. The summed E-state index contributed by atoms with van der Waals surface area (Å²) in [6.45, 7) is 3.49. The van der Waals surface area contributed by atoms with Crippen molar-refractivity contribution >= 4 is 32.9 Å². The Balaban J connectivity index is 1.83. The molecule has 0 N–H and O–H groups in total. The average molecular weight is 345 g/mol. The van der Waals surface area contributed by atoms with Crippen LogP contribution < -0.4 is 0 Å².